The summed E-state index contributed by atoms with van der Waals surface area (Å²) in [5, 5.41) is 2.85. The Morgan fingerprint density at radius 1 is 0.875 bits per heavy atom. The summed E-state index contributed by atoms with van der Waals surface area (Å²) in [7, 11) is 0. The van der Waals surface area contributed by atoms with Crippen LogP contribution in [0.25, 0.3) is 27.4 Å². The van der Waals surface area contributed by atoms with Crippen molar-refractivity contribution in [1.82, 2.24) is 9.55 Å². The van der Waals surface area contributed by atoms with Gasteiger partial charge in [-0.1, -0.05) is 55.5 Å². The molecule has 0 unspecified atom stereocenters. The highest BCUT2D eigenvalue weighted by Crippen LogP contribution is 2.23. The van der Waals surface area contributed by atoms with Crippen molar-refractivity contribution in [2.24, 2.45) is 0 Å². The molecular weight excluding hydrogens is 296 g/mol. The minimum Gasteiger partial charge on any atom is -0.268 e. The standard InChI is InChI=1S/C21H18N2O/c1-2-8-20-22-18-13-6-5-12-17(18)21(24)23(20)19-14-7-10-15-9-3-4-11-16(15)19/h3-7,9-14H,2,8H2,1H3. The van der Waals surface area contributed by atoms with Gasteiger partial charge in [0.05, 0.1) is 16.6 Å². The lowest BCUT2D eigenvalue weighted by molar-refractivity contribution is 0.777. The molecule has 0 radical (unpaired) electrons. The zero-order chi connectivity index (χ0) is 16.5. The Balaban J connectivity index is 2.13. The van der Waals surface area contributed by atoms with Crippen molar-refractivity contribution in [2.45, 2.75) is 19.8 Å². The van der Waals surface area contributed by atoms with Gasteiger partial charge in [-0.05, 0) is 30.0 Å². The van der Waals surface area contributed by atoms with Gasteiger partial charge in [0, 0.05) is 11.8 Å². The van der Waals surface area contributed by atoms with Crippen molar-refractivity contribution in [1.29, 1.82) is 0 Å². The monoisotopic (exact) mass is 314 g/mol. The van der Waals surface area contributed by atoms with Gasteiger partial charge in [-0.25, -0.2) is 4.98 Å². The van der Waals surface area contributed by atoms with Crippen molar-refractivity contribution in [3.05, 3.63) is 82.9 Å². The number of hydrogen-bond acceptors (Lipinski definition) is 2. The Labute approximate surface area is 140 Å². The molecule has 0 aliphatic carbocycles. The number of hydrogen-bond donors (Lipinski definition) is 0. The number of fused-ring (bicyclic) bond motifs is 2. The Hall–Kier alpha value is -2.94. The Bertz CT molecular complexity index is 1090. The molecule has 0 amide bonds. The maximum atomic E-state index is 13.2. The molecule has 24 heavy (non-hydrogen) atoms. The number of aromatic nitrogens is 2. The van der Waals surface area contributed by atoms with Gasteiger partial charge in [0.25, 0.3) is 5.56 Å². The molecule has 0 aliphatic heterocycles. The summed E-state index contributed by atoms with van der Waals surface area (Å²) < 4.78 is 1.79. The molecule has 3 nitrogen and oxygen atoms in total. The van der Waals surface area contributed by atoms with Gasteiger partial charge in [0.15, 0.2) is 0 Å². The van der Waals surface area contributed by atoms with Crippen molar-refractivity contribution in [3.63, 3.8) is 0 Å². The lowest BCUT2D eigenvalue weighted by Gasteiger charge is -2.15. The summed E-state index contributed by atoms with van der Waals surface area (Å²) in [6, 6.07) is 21.8. The molecule has 0 bridgehead atoms. The van der Waals surface area contributed by atoms with Crippen LogP contribution in [0.3, 0.4) is 0 Å². The first-order chi connectivity index (χ1) is 11.8. The van der Waals surface area contributed by atoms with Crippen molar-refractivity contribution in [3.8, 4) is 5.69 Å². The van der Waals surface area contributed by atoms with E-state index < -0.39 is 0 Å². The van der Waals surface area contributed by atoms with E-state index in [-0.39, 0.29) is 5.56 Å². The average Bonchev–Trinajstić information content (AvgIpc) is 2.62. The van der Waals surface area contributed by atoms with E-state index >= 15 is 0 Å². The third kappa shape index (κ3) is 2.29. The van der Waals surface area contributed by atoms with Crippen molar-refractivity contribution < 1.29 is 0 Å². The van der Waals surface area contributed by atoms with Gasteiger partial charge in [-0.2, -0.15) is 0 Å². The fraction of sp³-hybridized carbons (Fsp3) is 0.143. The topological polar surface area (TPSA) is 34.9 Å². The van der Waals surface area contributed by atoms with E-state index in [9.17, 15) is 4.79 Å². The maximum Gasteiger partial charge on any atom is 0.265 e. The Morgan fingerprint density at radius 2 is 1.58 bits per heavy atom. The summed E-state index contributed by atoms with van der Waals surface area (Å²) in [4.78, 5) is 18.0. The van der Waals surface area contributed by atoms with Gasteiger partial charge >= 0.3 is 0 Å². The van der Waals surface area contributed by atoms with E-state index in [2.05, 4.69) is 25.1 Å². The minimum atomic E-state index is 0.000373. The van der Waals surface area contributed by atoms with Crippen LogP contribution < -0.4 is 5.56 Å². The molecule has 0 aliphatic rings. The molecule has 1 heterocycles. The molecule has 4 aromatic rings. The van der Waals surface area contributed by atoms with Crippen LogP contribution in [0, 0.1) is 0 Å². The summed E-state index contributed by atoms with van der Waals surface area (Å²) in [6.45, 7) is 2.11. The first-order valence-electron chi connectivity index (χ1n) is 8.28. The van der Waals surface area contributed by atoms with Crippen LogP contribution in [-0.2, 0) is 6.42 Å². The first-order valence-corrected chi connectivity index (χ1v) is 8.28. The average molecular weight is 314 g/mol. The molecule has 1 aromatic heterocycles. The molecule has 118 valence electrons. The summed E-state index contributed by atoms with van der Waals surface area (Å²) in [6.07, 6.45) is 1.71. The number of aryl methyl sites for hydroxylation is 1. The molecule has 0 spiro atoms. The maximum absolute atomic E-state index is 13.2. The van der Waals surface area contributed by atoms with Crippen LogP contribution >= 0.6 is 0 Å². The van der Waals surface area contributed by atoms with Crippen LogP contribution in [0.2, 0.25) is 0 Å². The number of rotatable bonds is 3. The van der Waals surface area contributed by atoms with Gasteiger partial charge in [0.2, 0.25) is 0 Å². The first kappa shape index (κ1) is 14.6. The Morgan fingerprint density at radius 3 is 2.42 bits per heavy atom. The smallest absolute Gasteiger partial charge is 0.265 e. The second-order valence-electron chi connectivity index (χ2n) is 5.93. The van der Waals surface area contributed by atoms with Crippen LogP contribution in [0.4, 0.5) is 0 Å². The van der Waals surface area contributed by atoms with Gasteiger partial charge < -0.3 is 0 Å². The number of benzene rings is 3. The highest BCUT2D eigenvalue weighted by molar-refractivity contribution is 5.90. The largest absolute Gasteiger partial charge is 0.268 e. The molecule has 4 rings (SSSR count). The molecule has 3 heteroatoms. The highest BCUT2D eigenvalue weighted by atomic mass is 16.1. The summed E-state index contributed by atoms with van der Waals surface area (Å²) in [5.74, 6) is 0.817. The van der Waals surface area contributed by atoms with Crippen LogP contribution in [0.5, 0.6) is 0 Å². The van der Waals surface area contributed by atoms with E-state index in [0.29, 0.717) is 5.39 Å². The second kappa shape index (κ2) is 5.93. The predicted molar refractivity (Wildman–Crippen MR) is 98.8 cm³/mol. The summed E-state index contributed by atoms with van der Waals surface area (Å²) in [5.41, 5.74) is 1.67. The van der Waals surface area contributed by atoms with E-state index in [1.165, 1.54) is 0 Å². The van der Waals surface area contributed by atoms with Gasteiger partial charge in [-0.15, -0.1) is 0 Å². The second-order valence-corrected chi connectivity index (χ2v) is 5.93. The SMILES string of the molecule is CCCc1nc2ccccc2c(=O)n1-c1cccc2ccccc12. The van der Waals surface area contributed by atoms with Gasteiger partial charge in [0.1, 0.15) is 5.82 Å². The Kier molecular flexibility index (Phi) is 3.62. The molecule has 3 aromatic carbocycles. The van der Waals surface area contributed by atoms with E-state index in [4.69, 9.17) is 4.98 Å². The molecule has 0 N–H and O–H groups in total. The third-order valence-electron chi connectivity index (χ3n) is 4.33. The molecule has 0 fully saturated rings. The molecule has 0 saturated heterocycles. The lowest BCUT2D eigenvalue weighted by Crippen LogP contribution is -2.24. The zero-order valence-corrected chi connectivity index (χ0v) is 13.6. The molecule has 0 atom stereocenters. The van der Waals surface area contributed by atoms with E-state index in [0.717, 1.165) is 40.6 Å². The van der Waals surface area contributed by atoms with Gasteiger partial charge in [-0.3, -0.25) is 9.36 Å². The fourth-order valence-electron chi connectivity index (χ4n) is 3.22. The van der Waals surface area contributed by atoms with Crippen LogP contribution in [0.15, 0.2) is 71.5 Å². The quantitative estimate of drug-likeness (QED) is 0.558. The van der Waals surface area contributed by atoms with Crippen molar-refractivity contribution in [2.75, 3.05) is 0 Å². The van der Waals surface area contributed by atoms with Crippen LogP contribution in [0.1, 0.15) is 19.2 Å². The van der Waals surface area contributed by atoms with E-state index in [1.54, 1.807) is 4.57 Å². The third-order valence-corrected chi connectivity index (χ3v) is 4.33. The number of nitrogens with zero attached hydrogens (tertiary/aromatic N) is 2. The van der Waals surface area contributed by atoms with E-state index in [1.807, 2.05) is 48.5 Å². The van der Waals surface area contributed by atoms with Crippen molar-refractivity contribution >= 4 is 21.7 Å². The lowest BCUT2D eigenvalue weighted by atomic mass is 10.1. The molecule has 0 saturated carbocycles. The van der Waals surface area contributed by atoms with Crippen LogP contribution in [-0.4, -0.2) is 9.55 Å². The normalized spacial score (nSPS) is 11.2. The molecular formula is C21H18N2O. The minimum absolute atomic E-state index is 0.000373. The zero-order valence-electron chi connectivity index (χ0n) is 13.6. The fourth-order valence-corrected chi connectivity index (χ4v) is 3.22. The predicted octanol–water partition coefficient (Wildman–Crippen LogP) is 4.49. The number of para-hydroxylation sites is 1. The highest BCUT2D eigenvalue weighted by Gasteiger charge is 2.13. The summed E-state index contributed by atoms with van der Waals surface area (Å²) >= 11 is 0.